The van der Waals surface area contributed by atoms with Gasteiger partial charge in [-0.1, -0.05) is 41.0 Å². The van der Waals surface area contributed by atoms with Gasteiger partial charge in [0.05, 0.1) is 17.4 Å². The number of carbonyl (C=O) groups is 2. The topological polar surface area (TPSA) is 117 Å². The van der Waals surface area contributed by atoms with Gasteiger partial charge in [0.25, 0.3) is 5.91 Å². The Hall–Kier alpha value is -3.69. The predicted molar refractivity (Wildman–Crippen MR) is 130 cm³/mol. The van der Waals surface area contributed by atoms with Gasteiger partial charge >= 0.3 is 0 Å². The van der Waals surface area contributed by atoms with Crippen LogP contribution in [-0.2, 0) is 9.59 Å². The van der Waals surface area contributed by atoms with Crippen molar-refractivity contribution >= 4 is 51.0 Å². The SMILES string of the molecule is CC(=O)Nc1nc(-c2ccc(C3=C(Cl)CC4NC(=O)C(c5cc(C)no5)=C(O)C4=C3)cc2)cs1. The highest BCUT2D eigenvalue weighted by molar-refractivity contribution is 7.14. The molecule has 172 valence electrons. The molecule has 1 aliphatic carbocycles. The van der Waals surface area contributed by atoms with E-state index in [1.807, 2.05) is 29.6 Å². The van der Waals surface area contributed by atoms with Gasteiger partial charge in [0, 0.05) is 41.0 Å². The van der Waals surface area contributed by atoms with Gasteiger partial charge in [0.1, 0.15) is 11.3 Å². The first-order chi connectivity index (χ1) is 16.3. The van der Waals surface area contributed by atoms with Crippen LogP contribution in [0.4, 0.5) is 5.13 Å². The zero-order valence-corrected chi connectivity index (χ0v) is 19.8. The number of aliphatic hydroxyl groups excluding tert-OH is 1. The molecule has 2 aromatic heterocycles. The Balaban J connectivity index is 1.47. The van der Waals surface area contributed by atoms with Crippen molar-refractivity contribution in [2.75, 3.05) is 5.32 Å². The van der Waals surface area contributed by atoms with Gasteiger partial charge in [-0.3, -0.25) is 9.59 Å². The number of aromatic nitrogens is 2. The van der Waals surface area contributed by atoms with Crippen molar-refractivity contribution in [3.05, 3.63) is 75.2 Å². The highest BCUT2D eigenvalue weighted by Gasteiger charge is 2.36. The summed E-state index contributed by atoms with van der Waals surface area (Å²) in [5.41, 5.74) is 4.48. The number of hydrogen-bond donors (Lipinski definition) is 3. The summed E-state index contributed by atoms with van der Waals surface area (Å²) in [6, 6.07) is 8.86. The fraction of sp³-hybridized carbons (Fsp3) is 0.167. The van der Waals surface area contributed by atoms with Crippen LogP contribution in [0.25, 0.3) is 22.4 Å². The quantitative estimate of drug-likeness (QED) is 0.479. The molecule has 0 saturated heterocycles. The molecular weight excluding hydrogens is 476 g/mol. The standard InChI is InChI=1S/C24H19ClN4O4S/c1-11-7-20(33-29-11)21-22(31)16-8-15(17(25)9-18(16)27-23(21)32)13-3-5-14(6-4-13)19-10-34-24(28-19)26-12(2)30/h3-8,10,18,31H,9H2,1-2H3,(H,27,32)(H,26,28,30). The molecule has 1 atom stereocenters. The summed E-state index contributed by atoms with van der Waals surface area (Å²) >= 11 is 7.96. The van der Waals surface area contributed by atoms with Crippen molar-refractivity contribution in [3.63, 3.8) is 0 Å². The lowest BCUT2D eigenvalue weighted by Crippen LogP contribution is -2.42. The summed E-state index contributed by atoms with van der Waals surface area (Å²) < 4.78 is 5.21. The molecule has 2 amide bonds. The molecule has 10 heteroatoms. The number of carbonyl (C=O) groups excluding carboxylic acids is 2. The first kappa shape index (κ1) is 22.1. The molecule has 8 nitrogen and oxygen atoms in total. The molecule has 1 unspecified atom stereocenters. The zero-order chi connectivity index (χ0) is 24.0. The monoisotopic (exact) mass is 494 g/mol. The molecule has 1 aliphatic heterocycles. The van der Waals surface area contributed by atoms with Crippen LogP contribution >= 0.6 is 22.9 Å². The lowest BCUT2D eigenvalue weighted by molar-refractivity contribution is -0.116. The van der Waals surface area contributed by atoms with Crippen molar-refractivity contribution in [1.82, 2.24) is 15.5 Å². The van der Waals surface area contributed by atoms with Crippen molar-refractivity contribution < 1.29 is 19.2 Å². The molecule has 2 aliphatic rings. The van der Waals surface area contributed by atoms with Gasteiger partial charge in [-0.25, -0.2) is 4.98 Å². The first-order valence-corrected chi connectivity index (χ1v) is 11.7. The number of thiazole rings is 1. The van der Waals surface area contributed by atoms with Crippen LogP contribution in [0.15, 0.2) is 62.7 Å². The van der Waals surface area contributed by atoms with E-state index >= 15 is 0 Å². The molecule has 3 N–H and O–H groups in total. The van der Waals surface area contributed by atoms with Crippen LogP contribution in [0.1, 0.15) is 30.4 Å². The van der Waals surface area contributed by atoms with Gasteiger partial charge in [0.15, 0.2) is 10.9 Å². The lowest BCUT2D eigenvalue weighted by atomic mass is 9.85. The van der Waals surface area contributed by atoms with E-state index in [0.717, 1.165) is 22.4 Å². The number of amides is 2. The molecule has 34 heavy (non-hydrogen) atoms. The maximum absolute atomic E-state index is 12.6. The second-order valence-electron chi connectivity index (χ2n) is 8.00. The predicted octanol–water partition coefficient (Wildman–Crippen LogP) is 4.81. The Morgan fingerprint density at radius 2 is 2.03 bits per heavy atom. The zero-order valence-electron chi connectivity index (χ0n) is 18.2. The molecule has 0 bridgehead atoms. The second kappa shape index (κ2) is 8.58. The average Bonchev–Trinajstić information content (AvgIpc) is 3.42. The highest BCUT2D eigenvalue weighted by Crippen LogP contribution is 2.40. The molecule has 0 spiro atoms. The summed E-state index contributed by atoms with van der Waals surface area (Å²) in [4.78, 5) is 28.3. The molecule has 3 aromatic rings. The van der Waals surface area contributed by atoms with E-state index in [4.69, 9.17) is 16.1 Å². The minimum absolute atomic E-state index is 0.0503. The van der Waals surface area contributed by atoms with Crippen molar-refractivity contribution in [2.24, 2.45) is 0 Å². The number of hydrogen-bond acceptors (Lipinski definition) is 7. The van der Waals surface area contributed by atoms with Crippen molar-refractivity contribution in [3.8, 4) is 11.3 Å². The number of nitrogens with zero attached hydrogens (tertiary/aromatic N) is 2. The highest BCUT2D eigenvalue weighted by atomic mass is 35.5. The molecule has 0 radical (unpaired) electrons. The van der Waals surface area contributed by atoms with Gasteiger partial charge in [-0.2, -0.15) is 0 Å². The molecule has 3 heterocycles. The van der Waals surface area contributed by atoms with Gasteiger partial charge in [-0.05, 0) is 24.1 Å². The number of rotatable bonds is 4. The normalized spacial score (nSPS) is 17.9. The van der Waals surface area contributed by atoms with E-state index in [1.165, 1.54) is 18.3 Å². The van der Waals surface area contributed by atoms with Gasteiger partial charge < -0.3 is 20.3 Å². The van der Waals surface area contributed by atoms with Crippen LogP contribution in [0, 0.1) is 6.92 Å². The number of aryl methyl sites for hydroxylation is 1. The summed E-state index contributed by atoms with van der Waals surface area (Å²) in [6.45, 7) is 3.18. The summed E-state index contributed by atoms with van der Waals surface area (Å²) in [6.07, 6.45) is 2.15. The fourth-order valence-electron chi connectivity index (χ4n) is 3.96. The smallest absolute Gasteiger partial charge is 0.259 e. The third kappa shape index (κ3) is 4.04. The Morgan fingerprint density at radius 3 is 2.71 bits per heavy atom. The van der Waals surface area contributed by atoms with Gasteiger partial charge in [0.2, 0.25) is 5.91 Å². The summed E-state index contributed by atoms with van der Waals surface area (Å²) in [5, 5.41) is 23.3. The molecular formula is C24H19ClN4O4S. The second-order valence-corrected chi connectivity index (χ2v) is 9.32. The van der Waals surface area contributed by atoms with Crippen LogP contribution in [-0.4, -0.2) is 33.1 Å². The van der Waals surface area contributed by atoms with E-state index in [9.17, 15) is 14.7 Å². The maximum Gasteiger partial charge on any atom is 0.259 e. The van der Waals surface area contributed by atoms with E-state index in [2.05, 4.69) is 20.8 Å². The van der Waals surface area contributed by atoms with Crippen LogP contribution in [0.5, 0.6) is 0 Å². The van der Waals surface area contributed by atoms with E-state index in [-0.39, 0.29) is 23.0 Å². The van der Waals surface area contributed by atoms with Crippen molar-refractivity contribution in [1.29, 1.82) is 0 Å². The minimum Gasteiger partial charge on any atom is -0.507 e. The third-order valence-electron chi connectivity index (χ3n) is 5.55. The van der Waals surface area contributed by atoms with Crippen molar-refractivity contribution in [2.45, 2.75) is 26.3 Å². The lowest BCUT2D eigenvalue weighted by Gasteiger charge is -2.31. The largest absolute Gasteiger partial charge is 0.507 e. The number of anilines is 1. The molecule has 1 aromatic carbocycles. The van der Waals surface area contributed by atoms with E-state index in [1.54, 1.807) is 19.1 Å². The number of benzene rings is 1. The number of nitrogens with one attached hydrogen (secondary N) is 2. The first-order valence-electron chi connectivity index (χ1n) is 10.4. The number of fused-ring (bicyclic) bond motifs is 1. The number of aliphatic hydroxyl groups is 1. The minimum atomic E-state index is -0.435. The molecule has 5 rings (SSSR count). The maximum atomic E-state index is 12.6. The van der Waals surface area contributed by atoms with E-state index in [0.29, 0.717) is 27.9 Å². The van der Waals surface area contributed by atoms with Gasteiger partial charge in [-0.15, -0.1) is 11.3 Å². The van der Waals surface area contributed by atoms with E-state index < -0.39 is 11.9 Å². The summed E-state index contributed by atoms with van der Waals surface area (Å²) in [7, 11) is 0. The Kier molecular flexibility index (Phi) is 5.59. The molecule has 0 saturated carbocycles. The Labute approximate surface area is 203 Å². The van der Waals surface area contributed by atoms with Crippen LogP contribution in [0.3, 0.4) is 0 Å². The third-order valence-corrected chi connectivity index (χ3v) is 6.66. The summed E-state index contributed by atoms with van der Waals surface area (Å²) in [5.74, 6) is -0.536. The Morgan fingerprint density at radius 1 is 1.29 bits per heavy atom. The Bertz CT molecular complexity index is 1410. The van der Waals surface area contributed by atoms with Crippen LogP contribution in [0.2, 0.25) is 0 Å². The average molecular weight is 495 g/mol. The fourth-order valence-corrected chi connectivity index (χ4v) is 5.05. The molecule has 0 fully saturated rings. The number of allylic oxidation sites excluding steroid dienone is 2. The number of halogens is 1. The van der Waals surface area contributed by atoms with Crippen LogP contribution < -0.4 is 10.6 Å².